The maximum Gasteiger partial charge on any atom is 0.284 e. The zero-order chi connectivity index (χ0) is 6.10. The first-order chi connectivity index (χ1) is 4.47. The van der Waals surface area contributed by atoms with Gasteiger partial charge >= 0.3 is 0 Å². The van der Waals surface area contributed by atoms with Crippen molar-refractivity contribution in [3.8, 4) is 0 Å². The molecule has 0 unspecified atom stereocenters. The highest BCUT2D eigenvalue weighted by molar-refractivity contribution is 5.69. The van der Waals surface area contributed by atoms with Gasteiger partial charge in [0.2, 0.25) is 0 Å². The Hall–Kier alpha value is -1.38. The molecule has 0 aliphatic rings. The number of pyridine rings is 1. The average molecular weight is 119 g/mol. The van der Waals surface area contributed by atoms with E-state index in [1.165, 1.54) is 0 Å². The van der Waals surface area contributed by atoms with Crippen molar-refractivity contribution in [2.45, 2.75) is 0 Å². The topological polar surface area (TPSA) is 38.9 Å². The fourth-order valence-corrected chi connectivity index (χ4v) is 0.665. The first-order valence-electron chi connectivity index (χ1n) is 2.53. The van der Waals surface area contributed by atoms with Crippen LogP contribution in [0.2, 0.25) is 0 Å². The standard InChI is InChI=1S/C6H3N2O/c1-2-7-3-6-5(1)8-4-9-6/h1-3H. The van der Waals surface area contributed by atoms with Gasteiger partial charge in [-0.05, 0) is 6.07 Å². The van der Waals surface area contributed by atoms with Gasteiger partial charge in [-0.25, -0.2) is 4.98 Å². The number of rotatable bonds is 0. The van der Waals surface area contributed by atoms with Gasteiger partial charge in [0.15, 0.2) is 5.58 Å². The van der Waals surface area contributed by atoms with Crippen molar-refractivity contribution in [1.29, 1.82) is 0 Å². The van der Waals surface area contributed by atoms with Gasteiger partial charge in [0.25, 0.3) is 6.39 Å². The van der Waals surface area contributed by atoms with Gasteiger partial charge in [0.1, 0.15) is 5.52 Å². The Morgan fingerprint density at radius 2 is 2.56 bits per heavy atom. The van der Waals surface area contributed by atoms with E-state index in [0.29, 0.717) is 5.58 Å². The van der Waals surface area contributed by atoms with Crippen molar-refractivity contribution >= 4 is 11.1 Å². The summed E-state index contributed by atoms with van der Waals surface area (Å²) in [4.78, 5) is 7.62. The van der Waals surface area contributed by atoms with E-state index in [1.807, 2.05) is 0 Å². The van der Waals surface area contributed by atoms with Crippen molar-refractivity contribution in [1.82, 2.24) is 9.97 Å². The monoisotopic (exact) mass is 119 g/mol. The third-order valence-corrected chi connectivity index (χ3v) is 1.08. The first-order valence-corrected chi connectivity index (χ1v) is 2.53. The summed E-state index contributed by atoms with van der Waals surface area (Å²) in [7, 11) is 0. The maximum absolute atomic E-state index is 4.82. The van der Waals surface area contributed by atoms with Crippen LogP contribution in [0, 0.1) is 6.39 Å². The molecule has 2 aromatic rings. The summed E-state index contributed by atoms with van der Waals surface area (Å²) in [5.41, 5.74) is 1.47. The van der Waals surface area contributed by atoms with Crippen molar-refractivity contribution in [3.63, 3.8) is 0 Å². The van der Waals surface area contributed by atoms with Gasteiger partial charge in [0.05, 0.1) is 6.20 Å². The number of oxazole rings is 1. The van der Waals surface area contributed by atoms with Gasteiger partial charge in [-0.1, -0.05) is 0 Å². The Balaban J connectivity index is 2.95. The number of hydrogen-bond donors (Lipinski definition) is 0. The van der Waals surface area contributed by atoms with Crippen LogP contribution in [0.4, 0.5) is 0 Å². The zero-order valence-corrected chi connectivity index (χ0v) is 4.53. The molecule has 2 aromatic heterocycles. The summed E-state index contributed by atoms with van der Waals surface area (Å²) in [6.45, 7) is 0. The van der Waals surface area contributed by atoms with E-state index in [1.54, 1.807) is 18.5 Å². The molecule has 2 rings (SSSR count). The van der Waals surface area contributed by atoms with E-state index in [2.05, 4.69) is 16.4 Å². The Morgan fingerprint density at radius 3 is 3.44 bits per heavy atom. The van der Waals surface area contributed by atoms with Crippen molar-refractivity contribution in [2.75, 3.05) is 0 Å². The second-order valence-corrected chi connectivity index (χ2v) is 1.65. The highest BCUT2D eigenvalue weighted by atomic mass is 16.3. The largest absolute Gasteiger partial charge is 0.431 e. The number of aromatic nitrogens is 2. The molecule has 0 aromatic carbocycles. The molecule has 2 heterocycles. The van der Waals surface area contributed by atoms with Crippen LogP contribution in [0.15, 0.2) is 22.9 Å². The van der Waals surface area contributed by atoms with E-state index in [4.69, 9.17) is 4.42 Å². The molecule has 1 radical (unpaired) electrons. The molecule has 0 aliphatic heterocycles. The van der Waals surface area contributed by atoms with Crippen molar-refractivity contribution < 1.29 is 4.42 Å². The van der Waals surface area contributed by atoms with Crippen LogP contribution in [0.5, 0.6) is 0 Å². The molecule has 0 amide bonds. The molecular weight excluding hydrogens is 116 g/mol. The molecule has 0 N–H and O–H groups in total. The minimum Gasteiger partial charge on any atom is -0.431 e. The average Bonchev–Trinajstić information content (AvgIpc) is 2.33. The lowest BCUT2D eigenvalue weighted by Gasteiger charge is -1.78. The number of hydrogen-bond acceptors (Lipinski definition) is 3. The van der Waals surface area contributed by atoms with E-state index in [-0.39, 0.29) is 0 Å². The smallest absolute Gasteiger partial charge is 0.284 e. The molecule has 0 saturated heterocycles. The molecule has 43 valence electrons. The van der Waals surface area contributed by atoms with Gasteiger partial charge in [-0.15, -0.1) is 0 Å². The van der Waals surface area contributed by atoms with Crippen LogP contribution in [0.25, 0.3) is 11.1 Å². The third-order valence-electron chi connectivity index (χ3n) is 1.08. The summed E-state index contributed by atoms with van der Waals surface area (Å²) in [5, 5.41) is 0. The van der Waals surface area contributed by atoms with Crippen LogP contribution < -0.4 is 0 Å². The summed E-state index contributed by atoms with van der Waals surface area (Å²) >= 11 is 0. The molecule has 0 bridgehead atoms. The number of fused-ring (bicyclic) bond motifs is 1. The van der Waals surface area contributed by atoms with Crippen molar-refractivity contribution in [3.05, 3.63) is 24.9 Å². The summed E-state index contributed by atoms with van der Waals surface area (Å²) in [6.07, 6.45) is 5.65. The Bertz CT molecular complexity index is 285. The molecule has 3 heteroatoms. The predicted molar refractivity (Wildman–Crippen MR) is 30.6 cm³/mol. The Labute approximate surface area is 51.3 Å². The van der Waals surface area contributed by atoms with Crippen LogP contribution >= 0.6 is 0 Å². The third kappa shape index (κ3) is 0.579. The van der Waals surface area contributed by atoms with E-state index in [9.17, 15) is 0 Å². The second kappa shape index (κ2) is 1.55. The van der Waals surface area contributed by atoms with Crippen LogP contribution in [-0.2, 0) is 0 Å². The fraction of sp³-hybridized carbons (Fsp3) is 0. The van der Waals surface area contributed by atoms with Gasteiger partial charge in [-0.3, -0.25) is 4.98 Å². The zero-order valence-electron chi connectivity index (χ0n) is 4.53. The van der Waals surface area contributed by atoms with Gasteiger partial charge in [-0.2, -0.15) is 0 Å². The SMILES string of the molecule is [c]1nc2ccncc2o1. The Kier molecular flexibility index (Phi) is 0.773. The summed E-state index contributed by atoms with van der Waals surface area (Å²) in [6, 6.07) is 1.77. The number of nitrogens with zero attached hydrogens (tertiary/aromatic N) is 2. The first kappa shape index (κ1) is 4.49. The molecule has 0 atom stereocenters. The molecule has 9 heavy (non-hydrogen) atoms. The lowest BCUT2D eigenvalue weighted by atomic mass is 10.4. The molecule has 0 saturated carbocycles. The minimum atomic E-state index is 0.678. The van der Waals surface area contributed by atoms with Gasteiger partial charge < -0.3 is 4.42 Å². The van der Waals surface area contributed by atoms with E-state index in [0.717, 1.165) is 5.52 Å². The molecular formula is C6H3N2O. The van der Waals surface area contributed by atoms with Gasteiger partial charge in [0, 0.05) is 6.20 Å². The van der Waals surface area contributed by atoms with E-state index >= 15 is 0 Å². The minimum absolute atomic E-state index is 0.678. The normalized spacial score (nSPS) is 10.2. The molecule has 0 fully saturated rings. The lowest BCUT2D eigenvalue weighted by Crippen LogP contribution is -1.67. The second-order valence-electron chi connectivity index (χ2n) is 1.65. The molecule has 3 nitrogen and oxygen atoms in total. The highest BCUT2D eigenvalue weighted by Gasteiger charge is 1.93. The Morgan fingerprint density at radius 1 is 1.56 bits per heavy atom. The predicted octanol–water partition coefficient (Wildman–Crippen LogP) is 1.02. The summed E-state index contributed by atoms with van der Waals surface area (Å²) in [5.74, 6) is 0. The van der Waals surface area contributed by atoms with Crippen LogP contribution in [0.1, 0.15) is 0 Å². The van der Waals surface area contributed by atoms with Crippen molar-refractivity contribution in [2.24, 2.45) is 0 Å². The lowest BCUT2D eigenvalue weighted by molar-refractivity contribution is 0.590. The highest BCUT2D eigenvalue weighted by Crippen LogP contribution is 2.06. The van der Waals surface area contributed by atoms with E-state index < -0.39 is 0 Å². The molecule has 0 spiro atoms. The van der Waals surface area contributed by atoms with Crippen LogP contribution in [0.3, 0.4) is 0 Å². The quantitative estimate of drug-likeness (QED) is 0.519. The van der Waals surface area contributed by atoms with Crippen LogP contribution in [-0.4, -0.2) is 9.97 Å². The molecule has 0 aliphatic carbocycles. The fourth-order valence-electron chi connectivity index (χ4n) is 0.665. The summed E-state index contributed by atoms with van der Waals surface area (Å²) < 4.78 is 4.82. The maximum atomic E-state index is 4.82.